The first-order valence-electron chi connectivity index (χ1n) is 3.16. The fourth-order valence-electron chi connectivity index (χ4n) is 0.886. The normalized spacial score (nSPS) is 9.83. The summed E-state index contributed by atoms with van der Waals surface area (Å²) < 4.78 is 0.333. The molecular formula is C7H6BrNO3. The van der Waals surface area contributed by atoms with E-state index in [-0.39, 0.29) is 11.4 Å². The van der Waals surface area contributed by atoms with Gasteiger partial charge < -0.3 is 5.11 Å². The van der Waals surface area contributed by atoms with Gasteiger partial charge in [0.15, 0.2) is 0 Å². The van der Waals surface area contributed by atoms with Crippen LogP contribution in [-0.4, -0.2) is 10.0 Å². The van der Waals surface area contributed by atoms with Gasteiger partial charge in [-0.05, 0) is 28.9 Å². The van der Waals surface area contributed by atoms with Gasteiger partial charge in [-0.1, -0.05) is 6.07 Å². The molecule has 12 heavy (non-hydrogen) atoms. The first kappa shape index (κ1) is 8.99. The fraction of sp³-hybridized carbons (Fsp3) is 0.143. The highest BCUT2D eigenvalue weighted by Gasteiger charge is 2.18. The van der Waals surface area contributed by atoms with Gasteiger partial charge >= 0.3 is 5.69 Å². The van der Waals surface area contributed by atoms with Gasteiger partial charge in [0, 0.05) is 5.56 Å². The SMILES string of the molecule is Cc1ccc(Br)c(O)c1[N+](=O)[O-]. The van der Waals surface area contributed by atoms with Crippen molar-refractivity contribution in [1.29, 1.82) is 0 Å². The van der Waals surface area contributed by atoms with Crippen LogP contribution in [0.15, 0.2) is 16.6 Å². The van der Waals surface area contributed by atoms with Crippen LogP contribution in [0.1, 0.15) is 5.56 Å². The van der Waals surface area contributed by atoms with Gasteiger partial charge in [0.1, 0.15) is 0 Å². The molecule has 0 radical (unpaired) electrons. The third kappa shape index (κ3) is 1.40. The van der Waals surface area contributed by atoms with Crippen LogP contribution in [-0.2, 0) is 0 Å². The van der Waals surface area contributed by atoms with Crippen molar-refractivity contribution in [3.63, 3.8) is 0 Å². The molecule has 0 amide bonds. The Balaban J connectivity index is 3.43. The summed E-state index contributed by atoms with van der Waals surface area (Å²) in [6, 6.07) is 3.14. The molecule has 1 N–H and O–H groups in total. The van der Waals surface area contributed by atoms with Crippen molar-refractivity contribution in [3.8, 4) is 5.75 Å². The molecule has 0 aliphatic rings. The number of nitro groups is 1. The molecule has 0 spiro atoms. The lowest BCUT2D eigenvalue weighted by Crippen LogP contribution is -1.92. The minimum Gasteiger partial charge on any atom is -0.501 e. The van der Waals surface area contributed by atoms with Crippen LogP contribution in [0.4, 0.5) is 5.69 Å². The summed E-state index contributed by atoms with van der Waals surface area (Å²) in [7, 11) is 0. The van der Waals surface area contributed by atoms with Crippen molar-refractivity contribution in [2.24, 2.45) is 0 Å². The van der Waals surface area contributed by atoms with E-state index in [0.717, 1.165) is 0 Å². The molecule has 64 valence electrons. The van der Waals surface area contributed by atoms with E-state index in [1.165, 1.54) is 0 Å². The number of nitro benzene ring substituents is 1. The first-order valence-corrected chi connectivity index (χ1v) is 3.96. The second-order valence-corrected chi connectivity index (χ2v) is 3.17. The maximum absolute atomic E-state index is 10.4. The topological polar surface area (TPSA) is 63.4 Å². The maximum atomic E-state index is 10.4. The Hall–Kier alpha value is -1.10. The zero-order valence-electron chi connectivity index (χ0n) is 6.24. The number of hydrogen-bond donors (Lipinski definition) is 1. The Morgan fingerprint density at radius 1 is 1.58 bits per heavy atom. The van der Waals surface area contributed by atoms with E-state index in [1.807, 2.05) is 0 Å². The second-order valence-electron chi connectivity index (χ2n) is 2.32. The van der Waals surface area contributed by atoms with E-state index < -0.39 is 4.92 Å². The van der Waals surface area contributed by atoms with E-state index in [0.29, 0.717) is 10.0 Å². The molecule has 0 aliphatic heterocycles. The van der Waals surface area contributed by atoms with Gasteiger partial charge in [0.2, 0.25) is 5.75 Å². The lowest BCUT2D eigenvalue weighted by molar-refractivity contribution is -0.386. The van der Waals surface area contributed by atoms with Gasteiger partial charge in [0.25, 0.3) is 0 Å². The van der Waals surface area contributed by atoms with Gasteiger partial charge in [0.05, 0.1) is 9.40 Å². The highest BCUT2D eigenvalue weighted by molar-refractivity contribution is 9.10. The number of halogens is 1. The van der Waals surface area contributed by atoms with Crippen LogP contribution in [0, 0.1) is 17.0 Å². The maximum Gasteiger partial charge on any atom is 0.314 e. The molecule has 0 aromatic heterocycles. The highest BCUT2D eigenvalue weighted by Crippen LogP contribution is 2.35. The van der Waals surface area contributed by atoms with Crippen molar-refractivity contribution < 1.29 is 10.0 Å². The summed E-state index contributed by atoms with van der Waals surface area (Å²) >= 11 is 2.99. The van der Waals surface area contributed by atoms with Crippen molar-refractivity contribution in [2.75, 3.05) is 0 Å². The van der Waals surface area contributed by atoms with E-state index in [1.54, 1.807) is 19.1 Å². The Morgan fingerprint density at radius 2 is 2.17 bits per heavy atom. The molecule has 0 heterocycles. The van der Waals surface area contributed by atoms with Crippen LogP contribution >= 0.6 is 15.9 Å². The number of aryl methyl sites for hydroxylation is 1. The van der Waals surface area contributed by atoms with Crippen molar-refractivity contribution in [1.82, 2.24) is 0 Å². The van der Waals surface area contributed by atoms with Crippen LogP contribution in [0.2, 0.25) is 0 Å². The number of rotatable bonds is 1. The summed E-state index contributed by atoms with van der Waals surface area (Å²) in [6.45, 7) is 1.57. The Kier molecular flexibility index (Phi) is 2.32. The number of aromatic hydroxyl groups is 1. The number of hydrogen-bond acceptors (Lipinski definition) is 3. The fourth-order valence-corrected chi connectivity index (χ4v) is 1.21. The van der Waals surface area contributed by atoms with Crippen LogP contribution < -0.4 is 0 Å². The summed E-state index contributed by atoms with van der Waals surface area (Å²) in [4.78, 5) is 9.82. The molecule has 0 aliphatic carbocycles. The molecule has 0 atom stereocenters. The molecular weight excluding hydrogens is 226 g/mol. The van der Waals surface area contributed by atoms with Gasteiger partial charge in [-0.2, -0.15) is 0 Å². The summed E-state index contributed by atoms with van der Waals surface area (Å²) in [5, 5.41) is 19.7. The van der Waals surface area contributed by atoms with E-state index in [2.05, 4.69) is 15.9 Å². The molecule has 4 nitrogen and oxygen atoms in total. The molecule has 1 rings (SSSR count). The molecule has 0 bridgehead atoms. The Labute approximate surface area is 77.1 Å². The minimum atomic E-state index is -0.602. The smallest absolute Gasteiger partial charge is 0.314 e. The largest absolute Gasteiger partial charge is 0.501 e. The summed E-state index contributed by atoms with van der Waals surface area (Å²) in [5.41, 5.74) is 0.199. The second kappa shape index (κ2) is 3.10. The zero-order valence-corrected chi connectivity index (χ0v) is 7.83. The summed E-state index contributed by atoms with van der Waals surface area (Å²) in [6.07, 6.45) is 0. The molecule has 1 aromatic rings. The van der Waals surface area contributed by atoms with Crippen molar-refractivity contribution >= 4 is 21.6 Å². The van der Waals surface area contributed by atoms with Crippen molar-refractivity contribution in [3.05, 3.63) is 32.3 Å². The molecule has 5 heteroatoms. The quantitative estimate of drug-likeness (QED) is 0.597. The average Bonchev–Trinajstić information content (AvgIpc) is 1.97. The van der Waals surface area contributed by atoms with Gasteiger partial charge in [-0.15, -0.1) is 0 Å². The van der Waals surface area contributed by atoms with Gasteiger partial charge in [-0.25, -0.2) is 0 Å². The monoisotopic (exact) mass is 231 g/mol. The minimum absolute atomic E-state index is 0.246. The van der Waals surface area contributed by atoms with E-state index in [4.69, 9.17) is 0 Å². The van der Waals surface area contributed by atoms with E-state index >= 15 is 0 Å². The molecule has 0 unspecified atom stereocenters. The van der Waals surface area contributed by atoms with Crippen LogP contribution in [0.25, 0.3) is 0 Å². The van der Waals surface area contributed by atoms with Gasteiger partial charge in [-0.3, -0.25) is 10.1 Å². The summed E-state index contributed by atoms with van der Waals surface area (Å²) in [5.74, 6) is -0.319. The standard InChI is InChI=1S/C7H6BrNO3/c1-4-2-3-5(8)7(10)6(4)9(11)12/h2-3,10H,1H3. The Morgan fingerprint density at radius 3 is 2.58 bits per heavy atom. The average molecular weight is 232 g/mol. The first-order chi connectivity index (χ1) is 5.54. The molecule has 0 saturated carbocycles. The molecule has 0 fully saturated rings. The number of phenols is 1. The molecule has 0 saturated heterocycles. The third-order valence-electron chi connectivity index (χ3n) is 1.49. The van der Waals surface area contributed by atoms with E-state index in [9.17, 15) is 15.2 Å². The van der Waals surface area contributed by atoms with Crippen molar-refractivity contribution in [2.45, 2.75) is 6.92 Å². The lowest BCUT2D eigenvalue weighted by Gasteiger charge is -2.00. The molecule has 1 aromatic carbocycles. The number of phenolic OH excluding ortho intramolecular Hbond substituents is 1. The zero-order chi connectivity index (χ0) is 9.30. The highest BCUT2D eigenvalue weighted by atomic mass is 79.9. The number of benzene rings is 1. The predicted octanol–water partition coefficient (Wildman–Crippen LogP) is 2.37. The van der Waals surface area contributed by atoms with Crippen LogP contribution in [0.5, 0.6) is 5.75 Å². The Bertz CT molecular complexity index is 338. The van der Waals surface area contributed by atoms with Crippen LogP contribution in [0.3, 0.4) is 0 Å². The third-order valence-corrected chi connectivity index (χ3v) is 2.13. The predicted molar refractivity (Wildman–Crippen MR) is 47.2 cm³/mol. The number of nitrogens with zero attached hydrogens (tertiary/aromatic N) is 1. The lowest BCUT2D eigenvalue weighted by atomic mass is 10.2.